The van der Waals surface area contributed by atoms with Crippen molar-refractivity contribution in [2.45, 2.75) is 56.4 Å². The SMILES string of the molecule is NC1(c2ccc3c(c2)CCC3)CCC(F)(F)CC1. The Kier molecular flexibility index (Phi) is 2.70. The van der Waals surface area contributed by atoms with E-state index < -0.39 is 11.5 Å². The maximum absolute atomic E-state index is 13.2. The van der Waals surface area contributed by atoms with E-state index in [1.807, 2.05) is 6.07 Å². The molecule has 18 heavy (non-hydrogen) atoms. The highest BCUT2D eigenvalue weighted by Crippen LogP contribution is 2.42. The van der Waals surface area contributed by atoms with E-state index in [2.05, 4.69) is 12.1 Å². The smallest absolute Gasteiger partial charge is 0.248 e. The lowest BCUT2D eigenvalue weighted by Gasteiger charge is -2.37. The van der Waals surface area contributed by atoms with Crippen LogP contribution in [0.1, 0.15) is 48.8 Å². The number of halogens is 2. The Morgan fingerprint density at radius 2 is 1.61 bits per heavy atom. The van der Waals surface area contributed by atoms with Gasteiger partial charge in [-0.15, -0.1) is 0 Å². The molecule has 0 aliphatic heterocycles. The van der Waals surface area contributed by atoms with Crippen molar-refractivity contribution < 1.29 is 8.78 Å². The van der Waals surface area contributed by atoms with Gasteiger partial charge in [0.15, 0.2) is 0 Å². The van der Waals surface area contributed by atoms with Crippen molar-refractivity contribution in [1.82, 2.24) is 0 Å². The predicted molar refractivity (Wildman–Crippen MR) is 67.7 cm³/mol. The first-order valence-electron chi connectivity index (χ1n) is 6.78. The van der Waals surface area contributed by atoms with Crippen molar-refractivity contribution >= 4 is 0 Å². The molecule has 0 amide bonds. The molecule has 0 radical (unpaired) electrons. The second-order valence-electron chi connectivity index (χ2n) is 5.85. The zero-order chi connectivity index (χ0) is 12.8. The Hall–Kier alpha value is -0.960. The summed E-state index contributed by atoms with van der Waals surface area (Å²) in [6.45, 7) is 0. The molecule has 3 heteroatoms. The van der Waals surface area contributed by atoms with Crippen LogP contribution in [0.2, 0.25) is 0 Å². The van der Waals surface area contributed by atoms with Gasteiger partial charge in [-0.2, -0.15) is 0 Å². The fourth-order valence-electron chi connectivity index (χ4n) is 3.23. The molecule has 0 heterocycles. The summed E-state index contributed by atoms with van der Waals surface area (Å²) in [6.07, 6.45) is 4.06. The first kappa shape index (κ1) is 12.1. The fraction of sp³-hybridized carbons (Fsp3) is 0.600. The Bertz CT molecular complexity index is 458. The summed E-state index contributed by atoms with van der Waals surface area (Å²) in [5.74, 6) is -2.51. The molecule has 0 saturated heterocycles. The number of hydrogen-bond acceptors (Lipinski definition) is 1. The lowest BCUT2D eigenvalue weighted by molar-refractivity contribution is -0.0514. The molecular formula is C15H19F2N. The molecule has 2 aliphatic rings. The van der Waals surface area contributed by atoms with Crippen LogP contribution in [0.25, 0.3) is 0 Å². The average Bonchev–Trinajstić information content (AvgIpc) is 2.80. The van der Waals surface area contributed by atoms with Gasteiger partial charge in [0.1, 0.15) is 0 Å². The molecular weight excluding hydrogens is 232 g/mol. The number of benzene rings is 1. The lowest BCUT2D eigenvalue weighted by atomic mass is 9.75. The third-order valence-electron chi connectivity index (χ3n) is 4.55. The van der Waals surface area contributed by atoms with Gasteiger partial charge in [-0.3, -0.25) is 0 Å². The van der Waals surface area contributed by atoms with Crippen molar-refractivity contribution in [2.24, 2.45) is 5.73 Å². The summed E-state index contributed by atoms with van der Waals surface area (Å²) in [5, 5.41) is 0. The van der Waals surface area contributed by atoms with Crippen LogP contribution >= 0.6 is 0 Å². The van der Waals surface area contributed by atoms with E-state index in [4.69, 9.17) is 5.73 Å². The van der Waals surface area contributed by atoms with Crippen LogP contribution in [0.4, 0.5) is 8.78 Å². The van der Waals surface area contributed by atoms with Gasteiger partial charge >= 0.3 is 0 Å². The van der Waals surface area contributed by atoms with Crippen LogP contribution < -0.4 is 5.73 Å². The molecule has 1 aromatic rings. The second kappa shape index (κ2) is 4.02. The van der Waals surface area contributed by atoms with E-state index in [1.165, 1.54) is 17.5 Å². The standard InChI is InChI=1S/C15H19F2N/c16-15(17)8-6-14(18,7-9-15)13-5-4-11-2-1-3-12(11)10-13/h4-5,10H,1-3,6-9,18H2. The highest BCUT2D eigenvalue weighted by atomic mass is 19.3. The molecule has 1 fully saturated rings. The minimum Gasteiger partial charge on any atom is -0.321 e. The van der Waals surface area contributed by atoms with Gasteiger partial charge in [0.25, 0.3) is 0 Å². The first-order valence-corrected chi connectivity index (χ1v) is 6.78. The highest BCUT2D eigenvalue weighted by Gasteiger charge is 2.42. The van der Waals surface area contributed by atoms with Gasteiger partial charge in [-0.1, -0.05) is 18.2 Å². The Morgan fingerprint density at radius 3 is 2.33 bits per heavy atom. The lowest BCUT2D eigenvalue weighted by Crippen LogP contribution is -2.43. The minimum atomic E-state index is -2.51. The molecule has 0 bridgehead atoms. The zero-order valence-electron chi connectivity index (χ0n) is 10.5. The number of aryl methyl sites for hydroxylation is 2. The van der Waals surface area contributed by atoms with Crippen molar-refractivity contribution in [3.8, 4) is 0 Å². The van der Waals surface area contributed by atoms with Gasteiger partial charge < -0.3 is 5.73 Å². The van der Waals surface area contributed by atoms with Crippen LogP contribution in [0, 0.1) is 0 Å². The van der Waals surface area contributed by atoms with Gasteiger partial charge in [0, 0.05) is 18.4 Å². The van der Waals surface area contributed by atoms with E-state index in [-0.39, 0.29) is 12.8 Å². The predicted octanol–water partition coefficient (Wildman–Crippen LogP) is 3.54. The summed E-state index contributed by atoms with van der Waals surface area (Å²) in [4.78, 5) is 0. The van der Waals surface area contributed by atoms with E-state index in [9.17, 15) is 8.78 Å². The zero-order valence-corrected chi connectivity index (χ0v) is 10.5. The Morgan fingerprint density at radius 1 is 0.944 bits per heavy atom. The van der Waals surface area contributed by atoms with Crippen molar-refractivity contribution in [1.29, 1.82) is 0 Å². The topological polar surface area (TPSA) is 26.0 Å². The van der Waals surface area contributed by atoms with Crippen LogP contribution in [-0.4, -0.2) is 5.92 Å². The third kappa shape index (κ3) is 2.05. The Labute approximate surface area is 106 Å². The number of nitrogens with two attached hydrogens (primary N) is 1. The van der Waals surface area contributed by atoms with Gasteiger partial charge in [-0.25, -0.2) is 8.78 Å². The van der Waals surface area contributed by atoms with Gasteiger partial charge in [0.2, 0.25) is 5.92 Å². The highest BCUT2D eigenvalue weighted by molar-refractivity contribution is 5.38. The van der Waals surface area contributed by atoms with Crippen LogP contribution in [0.15, 0.2) is 18.2 Å². The molecule has 2 aliphatic carbocycles. The molecule has 98 valence electrons. The maximum atomic E-state index is 13.2. The average molecular weight is 251 g/mol. The quantitative estimate of drug-likeness (QED) is 0.811. The number of fused-ring (bicyclic) bond motifs is 1. The first-order chi connectivity index (χ1) is 8.49. The monoisotopic (exact) mass is 251 g/mol. The largest absolute Gasteiger partial charge is 0.321 e. The van der Waals surface area contributed by atoms with Crippen LogP contribution in [0.5, 0.6) is 0 Å². The van der Waals surface area contributed by atoms with E-state index in [0.29, 0.717) is 12.8 Å². The third-order valence-corrected chi connectivity index (χ3v) is 4.55. The van der Waals surface area contributed by atoms with E-state index in [0.717, 1.165) is 18.4 Å². The van der Waals surface area contributed by atoms with Crippen molar-refractivity contribution in [3.05, 3.63) is 34.9 Å². The molecule has 0 aromatic heterocycles. The molecule has 0 unspecified atom stereocenters. The normalized spacial score (nSPS) is 24.8. The molecule has 1 nitrogen and oxygen atoms in total. The van der Waals surface area contributed by atoms with E-state index >= 15 is 0 Å². The summed E-state index contributed by atoms with van der Waals surface area (Å²) in [7, 11) is 0. The van der Waals surface area contributed by atoms with Crippen LogP contribution in [-0.2, 0) is 18.4 Å². The van der Waals surface area contributed by atoms with Crippen LogP contribution in [0.3, 0.4) is 0 Å². The number of rotatable bonds is 1. The second-order valence-corrected chi connectivity index (χ2v) is 5.85. The van der Waals surface area contributed by atoms with Gasteiger partial charge in [-0.05, 0) is 48.8 Å². The number of alkyl halides is 2. The molecule has 0 spiro atoms. The van der Waals surface area contributed by atoms with Gasteiger partial charge in [0.05, 0.1) is 0 Å². The summed E-state index contributed by atoms with van der Waals surface area (Å²) in [5.41, 5.74) is 9.65. The summed E-state index contributed by atoms with van der Waals surface area (Å²) < 4.78 is 26.5. The molecule has 1 aromatic carbocycles. The minimum absolute atomic E-state index is 0.0828. The van der Waals surface area contributed by atoms with Crippen molar-refractivity contribution in [2.75, 3.05) is 0 Å². The number of hydrogen-bond donors (Lipinski definition) is 1. The molecule has 1 saturated carbocycles. The summed E-state index contributed by atoms with van der Waals surface area (Å²) >= 11 is 0. The summed E-state index contributed by atoms with van der Waals surface area (Å²) in [6, 6.07) is 6.35. The molecule has 0 atom stereocenters. The van der Waals surface area contributed by atoms with Crippen molar-refractivity contribution in [3.63, 3.8) is 0 Å². The molecule has 3 rings (SSSR count). The Balaban J connectivity index is 1.86. The fourth-order valence-corrected chi connectivity index (χ4v) is 3.23. The molecule has 2 N–H and O–H groups in total. The maximum Gasteiger partial charge on any atom is 0.248 e. The van der Waals surface area contributed by atoms with E-state index in [1.54, 1.807) is 0 Å².